The SMILES string of the molecule is Cc1cc(C)c2cc(C(=O)Nc3cc(Cl)c(N)c(Cl)c3)[nH]c2c1. The predicted molar refractivity (Wildman–Crippen MR) is 96.6 cm³/mol. The first-order chi connectivity index (χ1) is 10.8. The molecule has 0 atom stereocenters. The van der Waals surface area contributed by atoms with Crippen LogP contribution in [0.1, 0.15) is 21.6 Å². The maximum Gasteiger partial charge on any atom is 0.272 e. The fraction of sp³-hybridized carbons (Fsp3) is 0.118. The van der Waals surface area contributed by atoms with Gasteiger partial charge in [-0.2, -0.15) is 0 Å². The third-order valence-electron chi connectivity index (χ3n) is 3.67. The lowest BCUT2D eigenvalue weighted by atomic mass is 10.1. The molecule has 0 radical (unpaired) electrons. The summed E-state index contributed by atoms with van der Waals surface area (Å²) < 4.78 is 0. The van der Waals surface area contributed by atoms with E-state index in [0.717, 1.165) is 22.0 Å². The van der Waals surface area contributed by atoms with Crippen LogP contribution in [0.15, 0.2) is 30.3 Å². The van der Waals surface area contributed by atoms with Crippen LogP contribution < -0.4 is 11.1 Å². The Hall–Kier alpha value is -2.17. The minimum atomic E-state index is -0.268. The first-order valence-corrected chi connectivity index (χ1v) is 7.76. The van der Waals surface area contributed by atoms with E-state index in [-0.39, 0.29) is 5.91 Å². The number of hydrogen-bond donors (Lipinski definition) is 3. The number of halogens is 2. The molecular formula is C17H15Cl2N3O. The average molecular weight is 348 g/mol. The van der Waals surface area contributed by atoms with Gasteiger partial charge in [0, 0.05) is 16.6 Å². The molecule has 0 bridgehead atoms. The van der Waals surface area contributed by atoms with Gasteiger partial charge in [0.25, 0.3) is 5.91 Å². The molecule has 0 saturated carbocycles. The van der Waals surface area contributed by atoms with Crippen LogP contribution in [0.3, 0.4) is 0 Å². The van der Waals surface area contributed by atoms with Crippen molar-refractivity contribution < 1.29 is 4.79 Å². The number of carbonyl (C=O) groups excluding carboxylic acids is 1. The molecule has 0 spiro atoms. The van der Waals surface area contributed by atoms with E-state index in [2.05, 4.69) is 16.4 Å². The summed E-state index contributed by atoms with van der Waals surface area (Å²) >= 11 is 12.0. The smallest absolute Gasteiger partial charge is 0.272 e. The second-order valence-corrected chi connectivity index (χ2v) is 6.35. The Morgan fingerprint density at radius 1 is 1.09 bits per heavy atom. The number of amides is 1. The largest absolute Gasteiger partial charge is 0.396 e. The lowest BCUT2D eigenvalue weighted by molar-refractivity contribution is 0.102. The van der Waals surface area contributed by atoms with Crippen LogP contribution in [0.5, 0.6) is 0 Å². The maximum atomic E-state index is 12.4. The van der Waals surface area contributed by atoms with E-state index < -0.39 is 0 Å². The fourth-order valence-electron chi connectivity index (χ4n) is 2.58. The number of nitrogens with one attached hydrogen (secondary N) is 2. The fourth-order valence-corrected chi connectivity index (χ4v) is 3.06. The summed E-state index contributed by atoms with van der Waals surface area (Å²) in [6.45, 7) is 4.04. The molecule has 1 heterocycles. The van der Waals surface area contributed by atoms with Crippen molar-refractivity contribution in [3.63, 3.8) is 0 Å². The monoisotopic (exact) mass is 347 g/mol. The summed E-state index contributed by atoms with van der Waals surface area (Å²) in [6, 6.07) is 9.06. The van der Waals surface area contributed by atoms with E-state index in [1.165, 1.54) is 0 Å². The number of nitrogens with two attached hydrogens (primary N) is 1. The first-order valence-electron chi connectivity index (χ1n) is 7.01. The van der Waals surface area contributed by atoms with Gasteiger partial charge < -0.3 is 16.0 Å². The zero-order valence-electron chi connectivity index (χ0n) is 12.6. The van der Waals surface area contributed by atoms with Gasteiger partial charge >= 0.3 is 0 Å². The van der Waals surface area contributed by atoms with Crippen molar-refractivity contribution in [1.29, 1.82) is 0 Å². The van der Waals surface area contributed by atoms with Gasteiger partial charge in [0.2, 0.25) is 0 Å². The number of aromatic nitrogens is 1. The molecule has 0 aliphatic carbocycles. The van der Waals surface area contributed by atoms with E-state index in [0.29, 0.717) is 27.1 Å². The van der Waals surface area contributed by atoms with Crippen LogP contribution in [0.2, 0.25) is 10.0 Å². The topological polar surface area (TPSA) is 70.9 Å². The summed E-state index contributed by atoms with van der Waals surface area (Å²) in [4.78, 5) is 15.6. The van der Waals surface area contributed by atoms with Crippen LogP contribution in [-0.2, 0) is 0 Å². The lowest BCUT2D eigenvalue weighted by Crippen LogP contribution is -2.12. The molecular weight excluding hydrogens is 333 g/mol. The lowest BCUT2D eigenvalue weighted by Gasteiger charge is -2.07. The summed E-state index contributed by atoms with van der Waals surface area (Å²) in [5.74, 6) is -0.268. The Labute approximate surface area is 143 Å². The van der Waals surface area contributed by atoms with Crippen LogP contribution in [0.25, 0.3) is 10.9 Å². The van der Waals surface area contributed by atoms with Gasteiger partial charge in [-0.1, -0.05) is 29.3 Å². The number of aromatic amines is 1. The minimum absolute atomic E-state index is 0.268. The van der Waals surface area contributed by atoms with Crippen molar-refractivity contribution in [1.82, 2.24) is 4.98 Å². The Balaban J connectivity index is 1.93. The summed E-state index contributed by atoms with van der Waals surface area (Å²) in [5.41, 5.74) is 10.1. The average Bonchev–Trinajstić information content (AvgIpc) is 2.89. The van der Waals surface area contributed by atoms with Crippen LogP contribution >= 0.6 is 23.2 Å². The number of H-pyrrole nitrogens is 1. The van der Waals surface area contributed by atoms with E-state index in [1.807, 2.05) is 26.0 Å². The number of rotatable bonds is 2. The Morgan fingerprint density at radius 3 is 2.39 bits per heavy atom. The number of aryl methyl sites for hydroxylation is 2. The standard InChI is InChI=1S/C17H15Cl2N3O/c1-8-3-9(2)11-7-15(22-14(11)4-8)17(23)21-10-5-12(18)16(20)13(19)6-10/h3-7,22H,20H2,1-2H3,(H,21,23). The van der Waals surface area contributed by atoms with Crippen LogP contribution in [0, 0.1) is 13.8 Å². The zero-order valence-corrected chi connectivity index (χ0v) is 14.1. The second-order valence-electron chi connectivity index (χ2n) is 5.53. The van der Waals surface area contributed by atoms with E-state index in [9.17, 15) is 4.79 Å². The van der Waals surface area contributed by atoms with E-state index >= 15 is 0 Å². The highest BCUT2D eigenvalue weighted by atomic mass is 35.5. The molecule has 23 heavy (non-hydrogen) atoms. The number of nitrogen functional groups attached to an aromatic ring is 1. The molecule has 4 nitrogen and oxygen atoms in total. The minimum Gasteiger partial charge on any atom is -0.396 e. The summed E-state index contributed by atoms with van der Waals surface area (Å²) in [5, 5.41) is 4.39. The second kappa shape index (κ2) is 5.80. The van der Waals surface area contributed by atoms with Gasteiger partial charge in [-0.3, -0.25) is 4.79 Å². The number of hydrogen-bond acceptors (Lipinski definition) is 2. The van der Waals surface area contributed by atoms with Gasteiger partial charge in [-0.05, 0) is 49.2 Å². The van der Waals surface area contributed by atoms with Gasteiger partial charge in [-0.25, -0.2) is 0 Å². The Bertz CT molecular complexity index is 908. The quantitative estimate of drug-likeness (QED) is 0.575. The van der Waals surface area contributed by atoms with Crippen molar-refractivity contribution in [3.8, 4) is 0 Å². The third kappa shape index (κ3) is 3.00. The highest BCUT2D eigenvalue weighted by Crippen LogP contribution is 2.31. The maximum absolute atomic E-state index is 12.4. The molecule has 2 aromatic carbocycles. The number of benzene rings is 2. The molecule has 3 rings (SSSR count). The van der Waals surface area contributed by atoms with Crippen molar-refractivity contribution in [2.45, 2.75) is 13.8 Å². The zero-order chi connectivity index (χ0) is 16.7. The molecule has 0 unspecified atom stereocenters. The van der Waals surface area contributed by atoms with Gasteiger partial charge in [0.1, 0.15) is 5.69 Å². The van der Waals surface area contributed by atoms with Crippen LogP contribution in [0.4, 0.5) is 11.4 Å². The van der Waals surface area contributed by atoms with Crippen molar-refractivity contribution in [3.05, 3.63) is 57.2 Å². The third-order valence-corrected chi connectivity index (χ3v) is 4.30. The normalized spacial score (nSPS) is 11.0. The Kier molecular flexibility index (Phi) is 3.96. The van der Waals surface area contributed by atoms with Gasteiger partial charge in [0.05, 0.1) is 15.7 Å². The molecule has 1 amide bonds. The first kappa shape index (κ1) is 15.7. The number of fused-ring (bicyclic) bond motifs is 1. The molecule has 0 saturated heterocycles. The van der Waals surface area contributed by atoms with Crippen molar-refractivity contribution >= 4 is 51.4 Å². The molecule has 0 aliphatic rings. The molecule has 0 fully saturated rings. The molecule has 3 aromatic rings. The Morgan fingerprint density at radius 2 is 1.74 bits per heavy atom. The predicted octanol–water partition coefficient (Wildman–Crippen LogP) is 4.93. The molecule has 118 valence electrons. The molecule has 0 aliphatic heterocycles. The van der Waals surface area contributed by atoms with Crippen molar-refractivity contribution in [2.75, 3.05) is 11.1 Å². The molecule has 4 N–H and O–H groups in total. The highest BCUT2D eigenvalue weighted by Gasteiger charge is 2.13. The summed E-state index contributed by atoms with van der Waals surface area (Å²) in [7, 11) is 0. The highest BCUT2D eigenvalue weighted by molar-refractivity contribution is 6.39. The van der Waals surface area contributed by atoms with Gasteiger partial charge in [0.15, 0.2) is 0 Å². The van der Waals surface area contributed by atoms with Crippen molar-refractivity contribution in [2.24, 2.45) is 0 Å². The number of anilines is 2. The van der Waals surface area contributed by atoms with Crippen LogP contribution in [-0.4, -0.2) is 10.9 Å². The summed E-state index contributed by atoms with van der Waals surface area (Å²) in [6.07, 6.45) is 0. The van der Waals surface area contributed by atoms with E-state index in [4.69, 9.17) is 28.9 Å². The number of carbonyl (C=O) groups is 1. The van der Waals surface area contributed by atoms with E-state index in [1.54, 1.807) is 12.1 Å². The molecule has 6 heteroatoms. The molecule has 1 aromatic heterocycles. The van der Waals surface area contributed by atoms with Gasteiger partial charge in [-0.15, -0.1) is 0 Å².